The van der Waals surface area contributed by atoms with Crippen LogP contribution in [-0.2, 0) is 0 Å². The van der Waals surface area contributed by atoms with Gasteiger partial charge in [-0.1, -0.05) is 33.6 Å². The minimum absolute atomic E-state index is 0.138. The van der Waals surface area contributed by atoms with Crippen LogP contribution < -0.4 is 0 Å². The van der Waals surface area contributed by atoms with Gasteiger partial charge in [0.2, 0.25) is 0 Å². The van der Waals surface area contributed by atoms with Crippen LogP contribution in [0.1, 0.15) is 52.9 Å². The highest BCUT2D eigenvalue weighted by molar-refractivity contribution is 5.11. The molecule has 4 atom stereocenters. The predicted octanol–water partition coefficient (Wildman–Crippen LogP) is 3.44. The quantitative estimate of drug-likeness (QED) is 0.695. The molecule has 0 aromatic carbocycles. The Morgan fingerprint density at radius 3 is 2.29 bits per heavy atom. The lowest BCUT2D eigenvalue weighted by molar-refractivity contribution is 0.0230. The largest absolute Gasteiger partial charge is 0.285 e. The molecule has 4 unspecified atom stereocenters. The smallest absolute Gasteiger partial charge is 0.109 e. The molecule has 17 heavy (non-hydrogen) atoms. The van der Waals surface area contributed by atoms with Crippen molar-refractivity contribution in [3.8, 4) is 6.07 Å². The molecule has 0 N–H and O–H groups in total. The summed E-state index contributed by atoms with van der Waals surface area (Å²) in [6, 6.07) is 2.68. The molecule has 1 saturated carbocycles. The van der Waals surface area contributed by atoms with E-state index < -0.39 is 0 Å². The van der Waals surface area contributed by atoms with Crippen LogP contribution in [0.2, 0.25) is 0 Å². The third kappa shape index (κ3) is 2.65. The maximum atomic E-state index is 9.69. The summed E-state index contributed by atoms with van der Waals surface area (Å²) in [4.78, 5) is 2.52. The Labute approximate surface area is 106 Å². The SMILES string of the molecule is CC1CC(C)CN(C2(C#N)CCCC(C)C2)C1. The van der Waals surface area contributed by atoms with E-state index in [0.29, 0.717) is 0 Å². The van der Waals surface area contributed by atoms with Crippen molar-refractivity contribution in [2.45, 2.75) is 58.4 Å². The molecule has 1 heterocycles. The molecule has 0 amide bonds. The summed E-state index contributed by atoms with van der Waals surface area (Å²) in [6.45, 7) is 9.23. The first-order chi connectivity index (χ1) is 8.05. The van der Waals surface area contributed by atoms with Crippen molar-refractivity contribution < 1.29 is 0 Å². The molecule has 1 saturated heterocycles. The standard InChI is InChI=1S/C15H26N2/c1-12-5-4-6-15(8-12,11-16)17-9-13(2)7-14(3)10-17/h12-14H,4-10H2,1-3H3. The lowest BCUT2D eigenvalue weighted by Crippen LogP contribution is -2.55. The summed E-state index contributed by atoms with van der Waals surface area (Å²) in [6.07, 6.45) is 6.04. The zero-order chi connectivity index (χ0) is 12.5. The van der Waals surface area contributed by atoms with Crippen molar-refractivity contribution in [1.29, 1.82) is 5.26 Å². The highest BCUT2D eigenvalue weighted by Crippen LogP contribution is 2.39. The van der Waals surface area contributed by atoms with Crippen LogP contribution in [0.5, 0.6) is 0 Å². The highest BCUT2D eigenvalue weighted by Gasteiger charge is 2.42. The number of nitrogens with zero attached hydrogens (tertiary/aromatic N) is 2. The molecular formula is C15H26N2. The summed E-state index contributed by atoms with van der Waals surface area (Å²) in [5, 5.41) is 9.69. The number of nitriles is 1. The lowest BCUT2D eigenvalue weighted by atomic mass is 9.74. The van der Waals surface area contributed by atoms with Gasteiger partial charge in [-0.3, -0.25) is 4.90 Å². The highest BCUT2D eigenvalue weighted by atomic mass is 15.2. The molecule has 2 aliphatic rings. The van der Waals surface area contributed by atoms with Gasteiger partial charge < -0.3 is 0 Å². The number of piperidine rings is 1. The minimum Gasteiger partial charge on any atom is -0.285 e. The van der Waals surface area contributed by atoms with E-state index in [-0.39, 0.29) is 5.54 Å². The third-order valence-electron chi connectivity index (χ3n) is 4.66. The molecule has 1 aliphatic heterocycles. The maximum absolute atomic E-state index is 9.69. The van der Waals surface area contributed by atoms with E-state index in [4.69, 9.17) is 0 Å². The van der Waals surface area contributed by atoms with E-state index in [1.54, 1.807) is 0 Å². The molecule has 2 fully saturated rings. The summed E-state index contributed by atoms with van der Waals surface area (Å²) >= 11 is 0. The van der Waals surface area contributed by atoms with Gasteiger partial charge in [0.05, 0.1) is 6.07 Å². The number of hydrogen-bond acceptors (Lipinski definition) is 2. The minimum atomic E-state index is -0.138. The molecule has 2 heteroatoms. The van der Waals surface area contributed by atoms with Gasteiger partial charge in [-0.2, -0.15) is 5.26 Å². The van der Waals surface area contributed by atoms with Crippen LogP contribution >= 0.6 is 0 Å². The van der Waals surface area contributed by atoms with Gasteiger partial charge in [0.15, 0.2) is 0 Å². The Balaban J connectivity index is 2.14. The van der Waals surface area contributed by atoms with Gasteiger partial charge >= 0.3 is 0 Å². The molecule has 0 aromatic rings. The van der Waals surface area contributed by atoms with Crippen molar-refractivity contribution in [3.05, 3.63) is 0 Å². The zero-order valence-corrected chi connectivity index (χ0v) is 11.6. The predicted molar refractivity (Wildman–Crippen MR) is 70.5 cm³/mol. The van der Waals surface area contributed by atoms with Crippen LogP contribution in [0.4, 0.5) is 0 Å². The van der Waals surface area contributed by atoms with Crippen molar-refractivity contribution in [2.24, 2.45) is 17.8 Å². The second-order valence-electron chi connectivity index (χ2n) is 6.70. The van der Waals surface area contributed by atoms with E-state index in [1.165, 1.54) is 19.3 Å². The van der Waals surface area contributed by atoms with Gasteiger partial charge in [-0.25, -0.2) is 0 Å². The Kier molecular flexibility index (Phi) is 3.78. The molecule has 0 aromatic heterocycles. The third-order valence-corrected chi connectivity index (χ3v) is 4.66. The average molecular weight is 234 g/mol. The Morgan fingerprint density at radius 2 is 1.76 bits per heavy atom. The normalized spacial score (nSPS) is 44.2. The number of hydrogen-bond donors (Lipinski definition) is 0. The molecular weight excluding hydrogens is 208 g/mol. The first kappa shape index (κ1) is 12.9. The summed E-state index contributed by atoms with van der Waals surface area (Å²) in [7, 11) is 0. The maximum Gasteiger partial charge on any atom is 0.109 e. The van der Waals surface area contributed by atoms with Gasteiger partial charge in [0.25, 0.3) is 0 Å². The van der Waals surface area contributed by atoms with E-state index >= 15 is 0 Å². The molecule has 2 rings (SSSR count). The summed E-state index contributed by atoms with van der Waals surface area (Å²) in [5.74, 6) is 2.22. The molecule has 0 radical (unpaired) electrons. The van der Waals surface area contributed by atoms with Crippen molar-refractivity contribution in [2.75, 3.05) is 13.1 Å². The fourth-order valence-electron chi connectivity index (χ4n) is 4.00. The van der Waals surface area contributed by atoms with Crippen molar-refractivity contribution >= 4 is 0 Å². The molecule has 0 spiro atoms. The zero-order valence-electron chi connectivity index (χ0n) is 11.6. The van der Waals surface area contributed by atoms with Gasteiger partial charge in [-0.05, 0) is 37.0 Å². The molecule has 0 bridgehead atoms. The van der Waals surface area contributed by atoms with Gasteiger partial charge in [0, 0.05) is 13.1 Å². The van der Waals surface area contributed by atoms with Crippen LogP contribution in [0.15, 0.2) is 0 Å². The first-order valence-electron chi connectivity index (χ1n) is 7.22. The Hall–Kier alpha value is -0.550. The second-order valence-corrected chi connectivity index (χ2v) is 6.70. The average Bonchev–Trinajstić information content (AvgIpc) is 2.27. The fourth-order valence-corrected chi connectivity index (χ4v) is 4.00. The van der Waals surface area contributed by atoms with E-state index in [2.05, 4.69) is 31.7 Å². The van der Waals surface area contributed by atoms with Gasteiger partial charge in [-0.15, -0.1) is 0 Å². The monoisotopic (exact) mass is 234 g/mol. The first-order valence-corrected chi connectivity index (χ1v) is 7.22. The topological polar surface area (TPSA) is 27.0 Å². The van der Waals surface area contributed by atoms with Crippen LogP contribution in [-0.4, -0.2) is 23.5 Å². The van der Waals surface area contributed by atoms with Gasteiger partial charge in [0.1, 0.15) is 5.54 Å². The Bertz CT molecular complexity index is 297. The summed E-state index contributed by atoms with van der Waals surface area (Å²) < 4.78 is 0. The van der Waals surface area contributed by atoms with E-state index in [0.717, 1.165) is 43.7 Å². The second kappa shape index (κ2) is 4.98. The summed E-state index contributed by atoms with van der Waals surface area (Å²) in [5.41, 5.74) is -0.138. The van der Waals surface area contributed by atoms with E-state index in [9.17, 15) is 5.26 Å². The number of rotatable bonds is 1. The van der Waals surface area contributed by atoms with Crippen LogP contribution in [0.3, 0.4) is 0 Å². The molecule has 96 valence electrons. The number of likely N-dealkylation sites (tertiary alicyclic amines) is 1. The molecule has 2 nitrogen and oxygen atoms in total. The lowest BCUT2D eigenvalue weighted by Gasteiger charge is -2.48. The van der Waals surface area contributed by atoms with Crippen LogP contribution in [0.25, 0.3) is 0 Å². The molecule has 1 aliphatic carbocycles. The fraction of sp³-hybridized carbons (Fsp3) is 0.933. The van der Waals surface area contributed by atoms with Crippen molar-refractivity contribution in [3.63, 3.8) is 0 Å². The van der Waals surface area contributed by atoms with E-state index in [1.807, 2.05) is 0 Å². The van der Waals surface area contributed by atoms with Crippen molar-refractivity contribution in [1.82, 2.24) is 4.90 Å². The Morgan fingerprint density at radius 1 is 1.12 bits per heavy atom. The van der Waals surface area contributed by atoms with Crippen LogP contribution in [0, 0.1) is 29.1 Å².